The molecule has 1 N–H and O–H groups in total. The van der Waals surface area contributed by atoms with Crippen molar-refractivity contribution in [2.75, 3.05) is 52.6 Å². The predicted octanol–water partition coefficient (Wildman–Crippen LogP) is 6.35. The van der Waals surface area contributed by atoms with Crippen molar-refractivity contribution in [3.05, 3.63) is 86.7 Å². The third kappa shape index (κ3) is 8.08. The molecule has 0 bridgehead atoms. The number of carboxylic acids is 1. The van der Waals surface area contributed by atoms with Crippen molar-refractivity contribution >= 4 is 69.5 Å². The number of rotatable bonds is 11. The quantitative estimate of drug-likeness (QED) is 0.187. The van der Waals surface area contributed by atoms with Gasteiger partial charge in [-0.1, -0.05) is 59.3 Å². The lowest BCUT2D eigenvalue weighted by Crippen LogP contribution is -2.38. The van der Waals surface area contributed by atoms with Crippen LogP contribution in [0.5, 0.6) is 11.5 Å². The molecule has 0 atom stereocenters. The minimum Gasteiger partial charge on any atom is -0.492 e. The van der Waals surface area contributed by atoms with E-state index in [0.29, 0.717) is 37.4 Å². The second-order valence-electron chi connectivity index (χ2n) is 9.69. The van der Waals surface area contributed by atoms with Gasteiger partial charge in [0.2, 0.25) is 0 Å². The molecular weight excluding hydrogens is 631 g/mol. The van der Waals surface area contributed by atoms with Gasteiger partial charge >= 0.3 is 5.97 Å². The average molecular weight is 660 g/mol. The van der Waals surface area contributed by atoms with Crippen LogP contribution in [0.3, 0.4) is 0 Å². The summed E-state index contributed by atoms with van der Waals surface area (Å²) in [7, 11) is 0. The molecule has 224 valence electrons. The molecule has 0 saturated carbocycles. The Morgan fingerprint density at radius 1 is 0.977 bits per heavy atom. The van der Waals surface area contributed by atoms with Crippen LogP contribution in [0, 0.1) is 0 Å². The Labute approximate surface area is 269 Å². The van der Waals surface area contributed by atoms with Gasteiger partial charge in [0, 0.05) is 35.8 Å². The van der Waals surface area contributed by atoms with E-state index < -0.39 is 5.97 Å². The standard InChI is InChI=1S/C31H28Cl2N2O6S2/c32-22-4-7-24(26(33)19-22)25-17-20(1-8-27(25)41-15-11-34-9-13-39-14-10-34)18-28-29(36)35(31(42)43-28)12-16-40-23-5-2-21(3-6-23)30(37)38/h1-8,17-19H,9-16H2,(H,37,38)/b28-18-. The molecule has 3 aromatic rings. The lowest BCUT2D eigenvalue weighted by molar-refractivity contribution is -0.122. The number of nitrogens with zero attached hydrogens (tertiary/aromatic N) is 2. The van der Waals surface area contributed by atoms with E-state index in [1.165, 1.54) is 28.8 Å². The van der Waals surface area contributed by atoms with Crippen molar-refractivity contribution in [2.24, 2.45) is 0 Å². The molecule has 2 fully saturated rings. The number of carbonyl (C=O) groups is 2. The molecule has 2 aliphatic heterocycles. The molecule has 0 aliphatic carbocycles. The third-order valence-corrected chi connectivity index (χ3v) is 8.78. The number of ether oxygens (including phenoxy) is 3. The zero-order chi connectivity index (χ0) is 30.3. The Balaban J connectivity index is 1.29. The van der Waals surface area contributed by atoms with E-state index in [0.717, 1.165) is 49.5 Å². The molecule has 0 unspecified atom stereocenters. The van der Waals surface area contributed by atoms with E-state index in [-0.39, 0.29) is 24.6 Å². The van der Waals surface area contributed by atoms with Crippen LogP contribution in [0.2, 0.25) is 10.0 Å². The van der Waals surface area contributed by atoms with Crippen LogP contribution in [0.4, 0.5) is 0 Å². The van der Waals surface area contributed by atoms with Gasteiger partial charge in [0.1, 0.15) is 29.0 Å². The van der Waals surface area contributed by atoms with Crippen LogP contribution >= 0.6 is 47.2 Å². The van der Waals surface area contributed by atoms with Gasteiger partial charge in [0.25, 0.3) is 5.91 Å². The highest BCUT2D eigenvalue weighted by atomic mass is 35.5. The van der Waals surface area contributed by atoms with Gasteiger partial charge in [0.05, 0.1) is 35.2 Å². The highest BCUT2D eigenvalue weighted by Gasteiger charge is 2.32. The van der Waals surface area contributed by atoms with Crippen molar-refractivity contribution < 1.29 is 28.9 Å². The summed E-state index contributed by atoms with van der Waals surface area (Å²) >= 11 is 19.5. The number of aromatic carboxylic acids is 1. The van der Waals surface area contributed by atoms with Gasteiger partial charge in [-0.05, 0) is 60.2 Å². The number of amides is 1. The topological polar surface area (TPSA) is 88.5 Å². The molecule has 3 aromatic carbocycles. The fraction of sp³-hybridized carbons (Fsp3) is 0.258. The molecule has 43 heavy (non-hydrogen) atoms. The number of carbonyl (C=O) groups excluding carboxylic acids is 1. The smallest absolute Gasteiger partial charge is 0.335 e. The number of hydrogen-bond donors (Lipinski definition) is 1. The summed E-state index contributed by atoms with van der Waals surface area (Å²) < 4.78 is 17.8. The van der Waals surface area contributed by atoms with Crippen LogP contribution in [-0.4, -0.2) is 83.7 Å². The molecule has 5 rings (SSSR count). The summed E-state index contributed by atoms with van der Waals surface area (Å²) in [4.78, 5) is 28.6. The number of halogens is 2. The minimum absolute atomic E-state index is 0.170. The van der Waals surface area contributed by atoms with E-state index >= 15 is 0 Å². The lowest BCUT2D eigenvalue weighted by atomic mass is 10.0. The molecule has 2 heterocycles. The number of thioether (sulfide) groups is 1. The van der Waals surface area contributed by atoms with Gasteiger partial charge in [-0.25, -0.2) is 4.79 Å². The Morgan fingerprint density at radius 2 is 1.72 bits per heavy atom. The van der Waals surface area contributed by atoms with Gasteiger partial charge < -0.3 is 19.3 Å². The first-order chi connectivity index (χ1) is 20.8. The molecule has 12 heteroatoms. The molecule has 8 nitrogen and oxygen atoms in total. The molecule has 1 amide bonds. The maximum atomic E-state index is 13.2. The van der Waals surface area contributed by atoms with E-state index in [9.17, 15) is 9.59 Å². The second kappa shape index (κ2) is 14.6. The van der Waals surface area contributed by atoms with Crippen molar-refractivity contribution in [3.63, 3.8) is 0 Å². The summed E-state index contributed by atoms with van der Waals surface area (Å²) in [5.41, 5.74) is 2.51. The molecule has 0 aromatic heterocycles. The van der Waals surface area contributed by atoms with Crippen LogP contribution < -0.4 is 9.47 Å². The van der Waals surface area contributed by atoms with Gasteiger partial charge in [-0.2, -0.15) is 0 Å². The Bertz CT molecular complexity index is 1540. The first-order valence-corrected chi connectivity index (χ1v) is 15.5. The largest absolute Gasteiger partial charge is 0.492 e. The van der Waals surface area contributed by atoms with E-state index in [2.05, 4.69) is 4.90 Å². The lowest BCUT2D eigenvalue weighted by Gasteiger charge is -2.26. The average Bonchev–Trinajstić information content (AvgIpc) is 3.26. The molecule has 2 aliphatic rings. The van der Waals surface area contributed by atoms with E-state index in [1.807, 2.05) is 24.3 Å². The molecular formula is C31H28Cl2N2O6S2. The SMILES string of the molecule is O=C(O)c1ccc(OCCN2C(=O)/C(=C/c3ccc(OCCN4CCOCC4)c(-c4ccc(Cl)cc4Cl)c3)SC2=S)cc1. The summed E-state index contributed by atoms with van der Waals surface area (Å²) in [6.45, 7) is 4.93. The maximum absolute atomic E-state index is 13.2. The summed E-state index contributed by atoms with van der Waals surface area (Å²) in [6, 6.07) is 17.1. The van der Waals surface area contributed by atoms with Crippen LogP contribution in [0.15, 0.2) is 65.6 Å². The highest BCUT2D eigenvalue weighted by molar-refractivity contribution is 8.26. The van der Waals surface area contributed by atoms with Crippen LogP contribution in [-0.2, 0) is 9.53 Å². The number of benzene rings is 3. The zero-order valence-electron chi connectivity index (χ0n) is 23.0. The number of thiocarbonyl (C=S) groups is 1. The van der Waals surface area contributed by atoms with E-state index in [1.54, 1.807) is 30.3 Å². The number of hydrogen-bond acceptors (Lipinski definition) is 8. The van der Waals surface area contributed by atoms with Gasteiger partial charge in [-0.3, -0.25) is 14.6 Å². The van der Waals surface area contributed by atoms with Crippen LogP contribution in [0.25, 0.3) is 17.2 Å². The van der Waals surface area contributed by atoms with Gasteiger partial charge in [-0.15, -0.1) is 0 Å². The number of carboxylic acid groups (broad SMARTS) is 1. The Morgan fingerprint density at radius 3 is 2.44 bits per heavy atom. The van der Waals surface area contributed by atoms with Crippen molar-refractivity contribution in [1.82, 2.24) is 9.80 Å². The molecule has 0 radical (unpaired) electrons. The fourth-order valence-electron chi connectivity index (χ4n) is 4.58. The summed E-state index contributed by atoms with van der Waals surface area (Å²) in [5.74, 6) is -0.0377. The van der Waals surface area contributed by atoms with Crippen LogP contribution in [0.1, 0.15) is 15.9 Å². The van der Waals surface area contributed by atoms with Crippen molar-refractivity contribution in [2.45, 2.75) is 0 Å². The predicted molar refractivity (Wildman–Crippen MR) is 173 cm³/mol. The Hall–Kier alpha value is -3.12. The maximum Gasteiger partial charge on any atom is 0.335 e. The van der Waals surface area contributed by atoms with E-state index in [4.69, 9.17) is 54.7 Å². The molecule has 0 spiro atoms. The summed E-state index contributed by atoms with van der Waals surface area (Å²) in [6.07, 6.45) is 1.80. The minimum atomic E-state index is -1.01. The first kappa shape index (κ1) is 31.3. The second-order valence-corrected chi connectivity index (χ2v) is 12.2. The van der Waals surface area contributed by atoms with Crippen molar-refractivity contribution in [3.8, 4) is 22.6 Å². The van der Waals surface area contributed by atoms with Gasteiger partial charge in [0.15, 0.2) is 0 Å². The third-order valence-electron chi connectivity index (χ3n) is 6.85. The monoisotopic (exact) mass is 658 g/mol. The highest BCUT2D eigenvalue weighted by Crippen LogP contribution is 2.39. The van der Waals surface area contributed by atoms with Crippen molar-refractivity contribution in [1.29, 1.82) is 0 Å². The normalized spacial score (nSPS) is 16.6. The Kier molecular flexibility index (Phi) is 10.6. The first-order valence-electron chi connectivity index (χ1n) is 13.5. The zero-order valence-corrected chi connectivity index (χ0v) is 26.1. The number of morpholine rings is 1. The molecule has 2 saturated heterocycles. The summed E-state index contributed by atoms with van der Waals surface area (Å²) in [5, 5.41) is 10.1. The fourth-order valence-corrected chi connectivity index (χ4v) is 6.40.